The SMILES string of the molecule is CCN(CCc1ccccc1)C(=O)CN.Cl. The predicted octanol–water partition coefficient (Wildman–Crippen LogP) is 1.46. The predicted molar refractivity (Wildman–Crippen MR) is 68.7 cm³/mol. The number of carbonyl (C=O) groups is 1. The van der Waals surface area contributed by atoms with E-state index in [1.54, 1.807) is 4.90 Å². The van der Waals surface area contributed by atoms with Crippen LogP contribution in [-0.2, 0) is 11.2 Å². The van der Waals surface area contributed by atoms with E-state index in [9.17, 15) is 4.79 Å². The van der Waals surface area contributed by atoms with Gasteiger partial charge in [0.2, 0.25) is 5.91 Å². The first-order valence-electron chi connectivity index (χ1n) is 5.29. The van der Waals surface area contributed by atoms with Crippen LogP contribution in [-0.4, -0.2) is 30.4 Å². The molecule has 1 aromatic carbocycles. The highest BCUT2D eigenvalue weighted by Crippen LogP contribution is 2.01. The minimum Gasteiger partial charge on any atom is -0.342 e. The summed E-state index contributed by atoms with van der Waals surface area (Å²) < 4.78 is 0. The monoisotopic (exact) mass is 242 g/mol. The Bertz CT molecular complexity index is 303. The smallest absolute Gasteiger partial charge is 0.236 e. The van der Waals surface area contributed by atoms with Crippen molar-refractivity contribution in [3.05, 3.63) is 35.9 Å². The van der Waals surface area contributed by atoms with Crippen LogP contribution in [0.4, 0.5) is 0 Å². The fraction of sp³-hybridized carbons (Fsp3) is 0.417. The molecule has 0 fully saturated rings. The van der Waals surface area contributed by atoms with E-state index in [4.69, 9.17) is 5.73 Å². The number of nitrogens with zero attached hydrogens (tertiary/aromatic N) is 1. The number of hydrogen-bond donors (Lipinski definition) is 1. The molecule has 0 aromatic heterocycles. The van der Waals surface area contributed by atoms with Crippen molar-refractivity contribution in [1.29, 1.82) is 0 Å². The Morgan fingerprint density at radius 3 is 2.44 bits per heavy atom. The molecule has 0 bridgehead atoms. The van der Waals surface area contributed by atoms with Crippen molar-refractivity contribution in [2.75, 3.05) is 19.6 Å². The second-order valence-corrected chi connectivity index (χ2v) is 3.41. The van der Waals surface area contributed by atoms with E-state index in [2.05, 4.69) is 12.1 Å². The van der Waals surface area contributed by atoms with Crippen molar-refractivity contribution in [1.82, 2.24) is 4.90 Å². The first kappa shape index (κ1) is 14.9. The third-order valence-electron chi connectivity index (χ3n) is 2.42. The second kappa shape index (κ2) is 8.13. The van der Waals surface area contributed by atoms with E-state index in [-0.39, 0.29) is 24.9 Å². The van der Waals surface area contributed by atoms with Gasteiger partial charge in [0.05, 0.1) is 6.54 Å². The fourth-order valence-corrected chi connectivity index (χ4v) is 1.50. The maximum atomic E-state index is 11.4. The van der Waals surface area contributed by atoms with Crippen LogP contribution in [0.2, 0.25) is 0 Å². The molecule has 90 valence electrons. The van der Waals surface area contributed by atoms with E-state index in [1.165, 1.54) is 5.56 Å². The molecule has 1 amide bonds. The summed E-state index contributed by atoms with van der Waals surface area (Å²) in [7, 11) is 0. The summed E-state index contributed by atoms with van der Waals surface area (Å²) in [6.07, 6.45) is 0.889. The topological polar surface area (TPSA) is 46.3 Å². The summed E-state index contributed by atoms with van der Waals surface area (Å²) >= 11 is 0. The Labute approximate surface area is 103 Å². The first-order valence-corrected chi connectivity index (χ1v) is 5.29. The lowest BCUT2D eigenvalue weighted by atomic mass is 10.1. The molecule has 16 heavy (non-hydrogen) atoms. The Morgan fingerprint density at radius 2 is 1.94 bits per heavy atom. The van der Waals surface area contributed by atoms with Gasteiger partial charge in [-0.3, -0.25) is 4.79 Å². The van der Waals surface area contributed by atoms with Crippen molar-refractivity contribution >= 4 is 18.3 Å². The lowest BCUT2D eigenvalue weighted by Gasteiger charge is -2.19. The Balaban J connectivity index is 0.00000225. The molecule has 2 N–H and O–H groups in total. The molecular weight excluding hydrogens is 224 g/mol. The largest absolute Gasteiger partial charge is 0.342 e. The molecule has 0 atom stereocenters. The molecule has 4 heteroatoms. The third-order valence-corrected chi connectivity index (χ3v) is 2.42. The molecule has 0 radical (unpaired) electrons. The maximum absolute atomic E-state index is 11.4. The zero-order valence-corrected chi connectivity index (χ0v) is 10.4. The molecule has 0 saturated carbocycles. The summed E-state index contributed by atoms with van der Waals surface area (Å²) in [5, 5.41) is 0. The molecule has 3 nitrogen and oxygen atoms in total. The van der Waals surface area contributed by atoms with Gasteiger partial charge in [0, 0.05) is 13.1 Å². The number of halogens is 1. The van der Waals surface area contributed by atoms with E-state index >= 15 is 0 Å². The van der Waals surface area contributed by atoms with Crippen LogP contribution in [0.3, 0.4) is 0 Å². The van der Waals surface area contributed by atoms with Crippen LogP contribution in [0.5, 0.6) is 0 Å². The maximum Gasteiger partial charge on any atom is 0.236 e. The number of nitrogens with two attached hydrogens (primary N) is 1. The number of benzene rings is 1. The van der Waals surface area contributed by atoms with E-state index in [1.807, 2.05) is 25.1 Å². The zero-order chi connectivity index (χ0) is 11.1. The summed E-state index contributed by atoms with van der Waals surface area (Å²) in [6, 6.07) is 10.2. The summed E-state index contributed by atoms with van der Waals surface area (Å²) in [5.41, 5.74) is 6.58. The zero-order valence-electron chi connectivity index (χ0n) is 9.56. The quantitative estimate of drug-likeness (QED) is 0.850. The average molecular weight is 243 g/mol. The number of hydrogen-bond acceptors (Lipinski definition) is 2. The van der Waals surface area contributed by atoms with Gasteiger partial charge in [-0.2, -0.15) is 0 Å². The van der Waals surface area contributed by atoms with Crippen LogP contribution in [0.1, 0.15) is 12.5 Å². The minimum absolute atomic E-state index is 0. The van der Waals surface area contributed by atoms with E-state index < -0.39 is 0 Å². The Kier molecular flexibility index (Phi) is 7.60. The normalized spacial score (nSPS) is 9.38. The molecule has 0 unspecified atom stereocenters. The molecule has 1 rings (SSSR count). The van der Waals surface area contributed by atoms with Crippen LogP contribution >= 0.6 is 12.4 Å². The van der Waals surface area contributed by atoms with Crippen LogP contribution in [0, 0.1) is 0 Å². The van der Waals surface area contributed by atoms with Crippen molar-refractivity contribution < 1.29 is 4.79 Å². The molecule has 0 heterocycles. The van der Waals surface area contributed by atoms with Crippen molar-refractivity contribution in [2.45, 2.75) is 13.3 Å². The van der Waals surface area contributed by atoms with Crippen molar-refractivity contribution in [3.8, 4) is 0 Å². The van der Waals surface area contributed by atoms with Crippen molar-refractivity contribution in [2.24, 2.45) is 5.73 Å². The van der Waals surface area contributed by atoms with Crippen LogP contribution in [0.15, 0.2) is 30.3 Å². The third kappa shape index (κ3) is 4.64. The molecule has 0 spiro atoms. The number of carbonyl (C=O) groups excluding carboxylic acids is 1. The lowest BCUT2D eigenvalue weighted by Crippen LogP contribution is -2.37. The van der Waals surface area contributed by atoms with Gasteiger partial charge in [0.25, 0.3) is 0 Å². The van der Waals surface area contributed by atoms with Gasteiger partial charge in [-0.05, 0) is 18.9 Å². The number of amides is 1. The van der Waals surface area contributed by atoms with E-state index in [0.717, 1.165) is 19.5 Å². The molecule has 0 saturated heterocycles. The summed E-state index contributed by atoms with van der Waals surface area (Å²) in [5.74, 6) is 0.0217. The van der Waals surface area contributed by atoms with Crippen LogP contribution in [0.25, 0.3) is 0 Å². The van der Waals surface area contributed by atoms with Gasteiger partial charge in [-0.15, -0.1) is 12.4 Å². The van der Waals surface area contributed by atoms with E-state index in [0.29, 0.717) is 0 Å². The minimum atomic E-state index is 0. The van der Waals surface area contributed by atoms with Crippen LogP contribution < -0.4 is 5.73 Å². The highest BCUT2D eigenvalue weighted by Gasteiger charge is 2.08. The Hall–Kier alpha value is -1.06. The molecule has 0 aliphatic rings. The first-order chi connectivity index (χ1) is 7.27. The van der Waals surface area contributed by atoms with Crippen molar-refractivity contribution in [3.63, 3.8) is 0 Å². The molecule has 0 aliphatic carbocycles. The Morgan fingerprint density at radius 1 is 1.31 bits per heavy atom. The van der Waals surface area contributed by atoms with Gasteiger partial charge < -0.3 is 10.6 Å². The average Bonchev–Trinajstić information content (AvgIpc) is 2.31. The number of rotatable bonds is 5. The molecule has 1 aromatic rings. The molecular formula is C12H19ClN2O. The lowest BCUT2D eigenvalue weighted by molar-refractivity contribution is -0.129. The highest BCUT2D eigenvalue weighted by molar-refractivity contribution is 5.85. The second-order valence-electron chi connectivity index (χ2n) is 3.41. The standard InChI is InChI=1S/C12H18N2O.ClH/c1-2-14(12(15)10-13)9-8-11-6-4-3-5-7-11;/h3-7H,2,8-10,13H2,1H3;1H. The summed E-state index contributed by atoms with van der Waals surface area (Å²) in [6.45, 7) is 3.54. The summed E-state index contributed by atoms with van der Waals surface area (Å²) in [4.78, 5) is 13.1. The van der Waals surface area contributed by atoms with Gasteiger partial charge in [-0.1, -0.05) is 30.3 Å². The van der Waals surface area contributed by atoms with Gasteiger partial charge in [0.1, 0.15) is 0 Å². The fourth-order valence-electron chi connectivity index (χ4n) is 1.50. The number of likely N-dealkylation sites (N-methyl/N-ethyl adjacent to an activating group) is 1. The van der Waals surface area contributed by atoms with Gasteiger partial charge in [0.15, 0.2) is 0 Å². The highest BCUT2D eigenvalue weighted by atomic mass is 35.5. The molecule has 0 aliphatic heterocycles. The van der Waals surface area contributed by atoms with Gasteiger partial charge in [-0.25, -0.2) is 0 Å². The van der Waals surface area contributed by atoms with Gasteiger partial charge >= 0.3 is 0 Å².